The largest absolute Gasteiger partial charge is 0.497 e. The average Bonchev–Trinajstić information content (AvgIpc) is 3.62. The molecule has 0 bridgehead atoms. The molecule has 312 valence electrons. The van der Waals surface area contributed by atoms with Crippen LogP contribution in [0.25, 0.3) is 11.1 Å². The number of ether oxygens (including phenoxy) is 4. The normalized spacial score (nSPS) is 16.0. The van der Waals surface area contributed by atoms with E-state index in [1.807, 2.05) is 91.0 Å². The second kappa shape index (κ2) is 17.6. The van der Waals surface area contributed by atoms with Gasteiger partial charge in [-0.2, -0.15) is 0 Å². The monoisotopic (exact) mass is 861 g/mol. The third kappa shape index (κ3) is 9.15. The first kappa shape index (κ1) is 41.2. The molecule has 0 saturated carbocycles. The van der Waals surface area contributed by atoms with Gasteiger partial charge in [0.25, 0.3) is 5.91 Å². The molecule has 2 amide bonds. The van der Waals surface area contributed by atoms with E-state index in [1.54, 1.807) is 33.1 Å². The van der Waals surface area contributed by atoms with Crippen LogP contribution in [0, 0.1) is 13.8 Å². The summed E-state index contributed by atoms with van der Waals surface area (Å²) in [7, 11) is 1.61. The van der Waals surface area contributed by atoms with Crippen LogP contribution in [0.1, 0.15) is 56.1 Å². The number of fused-ring (bicyclic) bond motifs is 2. The first-order valence-corrected chi connectivity index (χ1v) is 20.3. The van der Waals surface area contributed by atoms with Crippen molar-refractivity contribution in [1.29, 1.82) is 0 Å². The van der Waals surface area contributed by atoms with Gasteiger partial charge in [0, 0.05) is 26.3 Å². The Hall–Kier alpha value is -6.50. The molecule has 14 heteroatoms. The number of aliphatic carboxylic acids is 1. The summed E-state index contributed by atoms with van der Waals surface area (Å²) < 4.78 is 29.5. The SMILES string of the molecule is COc1ccc(-c2ccc(CC(NC(=O)C3Cc4cc5c(cc4CN3C(=O)c3nc(C)oc3C)OC(c3ccc(OCc4ccc(Cl)c(Cl)c4)cc3)CO5)C(=O)O)cc2)cc1. The third-order valence-corrected chi connectivity index (χ3v) is 11.5. The number of halogens is 2. The van der Waals surface area contributed by atoms with Crippen molar-refractivity contribution in [1.82, 2.24) is 15.2 Å². The van der Waals surface area contributed by atoms with Gasteiger partial charge in [-0.05, 0) is 94.4 Å². The fourth-order valence-corrected chi connectivity index (χ4v) is 7.84. The van der Waals surface area contributed by atoms with Gasteiger partial charge < -0.3 is 38.7 Å². The number of carbonyl (C=O) groups excluding carboxylic acids is 2. The van der Waals surface area contributed by atoms with E-state index in [9.17, 15) is 19.5 Å². The van der Waals surface area contributed by atoms with Gasteiger partial charge in [0.1, 0.15) is 42.6 Å². The van der Waals surface area contributed by atoms with Gasteiger partial charge >= 0.3 is 5.97 Å². The number of aryl methyl sites for hydroxylation is 2. The van der Waals surface area contributed by atoms with Gasteiger partial charge in [0.2, 0.25) is 5.91 Å². The molecule has 8 rings (SSSR count). The van der Waals surface area contributed by atoms with Crippen LogP contribution in [0.15, 0.2) is 108 Å². The minimum atomic E-state index is -1.27. The molecule has 6 aromatic rings. The molecule has 5 aromatic carbocycles. The van der Waals surface area contributed by atoms with E-state index in [4.69, 9.17) is 46.6 Å². The molecule has 0 radical (unpaired) electrons. The minimum Gasteiger partial charge on any atom is -0.497 e. The van der Waals surface area contributed by atoms with Crippen LogP contribution < -0.4 is 24.3 Å². The quantitative estimate of drug-likeness (QED) is 0.122. The molecule has 0 saturated heterocycles. The standard InChI is InChI=1S/C47H41Cl2N3O9/c1-26-44(50-27(2)60-26)46(54)52-23-34-22-42-41(59-25-43(61-42)32-11-15-36(16-12-32)58-24-29-6-17-37(48)38(49)18-29)21-33(34)20-40(52)45(53)51-39(47(55)56)19-28-4-7-30(8-5-28)31-9-13-35(57-3)14-10-31/h4-18,21-22,39-40,43H,19-20,23-25H2,1-3H3,(H,51,53)(H,55,56). The average molecular weight is 863 g/mol. The summed E-state index contributed by atoms with van der Waals surface area (Å²) in [6, 6.07) is 29.3. The molecule has 61 heavy (non-hydrogen) atoms. The van der Waals surface area contributed by atoms with E-state index in [0.29, 0.717) is 51.1 Å². The van der Waals surface area contributed by atoms with Crippen molar-refractivity contribution >= 4 is 41.0 Å². The number of rotatable bonds is 12. The summed E-state index contributed by atoms with van der Waals surface area (Å²) in [5.41, 5.74) is 5.98. The summed E-state index contributed by atoms with van der Waals surface area (Å²) in [4.78, 5) is 46.7. The van der Waals surface area contributed by atoms with Crippen LogP contribution in [0.3, 0.4) is 0 Å². The van der Waals surface area contributed by atoms with E-state index in [2.05, 4.69) is 10.3 Å². The number of nitrogens with zero attached hydrogens (tertiary/aromatic N) is 2. The van der Waals surface area contributed by atoms with Crippen LogP contribution in [0.5, 0.6) is 23.0 Å². The van der Waals surface area contributed by atoms with Crippen LogP contribution in [0.2, 0.25) is 10.0 Å². The Balaban J connectivity index is 0.985. The number of carboxylic acids is 1. The van der Waals surface area contributed by atoms with Crippen LogP contribution in [-0.2, 0) is 35.6 Å². The highest BCUT2D eigenvalue weighted by molar-refractivity contribution is 6.42. The molecule has 12 nitrogen and oxygen atoms in total. The number of aromatic nitrogens is 1. The maximum Gasteiger partial charge on any atom is 0.326 e. The number of amides is 2. The highest BCUT2D eigenvalue weighted by Gasteiger charge is 2.39. The van der Waals surface area contributed by atoms with Gasteiger partial charge in [-0.25, -0.2) is 9.78 Å². The molecule has 2 aliphatic rings. The Labute approximate surface area is 361 Å². The van der Waals surface area contributed by atoms with Gasteiger partial charge in [0.15, 0.2) is 29.2 Å². The Morgan fingerprint density at radius 3 is 2.18 bits per heavy atom. The maximum absolute atomic E-state index is 14.2. The summed E-state index contributed by atoms with van der Waals surface area (Å²) >= 11 is 12.2. The van der Waals surface area contributed by atoms with Gasteiger partial charge in [0.05, 0.1) is 17.2 Å². The second-order valence-electron chi connectivity index (χ2n) is 14.9. The third-order valence-electron chi connectivity index (χ3n) is 10.8. The van der Waals surface area contributed by atoms with Crippen molar-refractivity contribution in [3.8, 4) is 34.1 Å². The zero-order chi connectivity index (χ0) is 42.8. The zero-order valence-electron chi connectivity index (χ0n) is 33.4. The molecule has 3 atom stereocenters. The first-order valence-electron chi connectivity index (χ1n) is 19.6. The summed E-state index contributed by atoms with van der Waals surface area (Å²) in [5, 5.41) is 13.9. The molecule has 2 N–H and O–H groups in total. The predicted molar refractivity (Wildman–Crippen MR) is 228 cm³/mol. The number of methoxy groups -OCH3 is 1. The van der Waals surface area contributed by atoms with E-state index in [1.165, 1.54) is 4.90 Å². The smallest absolute Gasteiger partial charge is 0.326 e. The zero-order valence-corrected chi connectivity index (χ0v) is 35.0. The lowest BCUT2D eigenvalue weighted by molar-refractivity contribution is -0.142. The molecular formula is C47H41Cl2N3O9. The number of nitrogens with one attached hydrogen (secondary N) is 1. The fourth-order valence-electron chi connectivity index (χ4n) is 7.52. The Kier molecular flexibility index (Phi) is 11.9. The van der Waals surface area contributed by atoms with Crippen LogP contribution in [0.4, 0.5) is 0 Å². The van der Waals surface area contributed by atoms with Gasteiger partial charge in [-0.1, -0.05) is 77.8 Å². The summed E-state index contributed by atoms with van der Waals surface area (Å²) in [6.45, 7) is 3.84. The minimum absolute atomic E-state index is 0.0222. The molecule has 3 unspecified atom stereocenters. The Morgan fingerprint density at radius 2 is 1.52 bits per heavy atom. The molecule has 0 spiro atoms. The van der Waals surface area contributed by atoms with Crippen LogP contribution in [-0.4, -0.2) is 58.6 Å². The van der Waals surface area contributed by atoms with Crippen molar-refractivity contribution in [3.63, 3.8) is 0 Å². The molecular weight excluding hydrogens is 821 g/mol. The van der Waals surface area contributed by atoms with Crippen molar-refractivity contribution in [2.45, 2.75) is 58.0 Å². The maximum atomic E-state index is 14.2. The first-order chi connectivity index (χ1) is 29.4. The van der Waals surface area contributed by atoms with E-state index < -0.39 is 36.0 Å². The highest BCUT2D eigenvalue weighted by Crippen LogP contribution is 2.41. The number of carboxylic acid groups (broad SMARTS) is 1. The van der Waals surface area contributed by atoms with Gasteiger partial charge in [-0.3, -0.25) is 9.59 Å². The fraction of sp³-hybridized carbons (Fsp3) is 0.234. The Bertz CT molecular complexity index is 2590. The summed E-state index contributed by atoms with van der Waals surface area (Å²) in [5.74, 6) is 0.675. The molecule has 3 heterocycles. The lowest BCUT2D eigenvalue weighted by Gasteiger charge is -2.37. The summed E-state index contributed by atoms with van der Waals surface area (Å²) in [6.07, 6.45) is -0.311. The topological polar surface area (TPSA) is 150 Å². The Morgan fingerprint density at radius 1 is 0.852 bits per heavy atom. The molecule has 0 aliphatic carbocycles. The van der Waals surface area contributed by atoms with Crippen LogP contribution >= 0.6 is 23.2 Å². The van der Waals surface area contributed by atoms with E-state index in [0.717, 1.165) is 39.1 Å². The van der Waals surface area contributed by atoms with E-state index in [-0.39, 0.29) is 31.7 Å². The van der Waals surface area contributed by atoms with Crippen molar-refractivity contribution in [2.24, 2.45) is 0 Å². The van der Waals surface area contributed by atoms with Gasteiger partial charge in [-0.15, -0.1) is 0 Å². The number of hydrogen-bond donors (Lipinski definition) is 2. The van der Waals surface area contributed by atoms with Crippen molar-refractivity contribution < 1.29 is 42.9 Å². The number of hydrogen-bond acceptors (Lipinski definition) is 9. The lowest BCUT2D eigenvalue weighted by atomic mass is 9.91. The lowest BCUT2D eigenvalue weighted by Crippen LogP contribution is -2.56. The highest BCUT2D eigenvalue weighted by atomic mass is 35.5. The number of oxazole rings is 1. The molecule has 2 aliphatic heterocycles. The van der Waals surface area contributed by atoms with Crippen molar-refractivity contribution in [2.75, 3.05) is 13.7 Å². The predicted octanol–water partition coefficient (Wildman–Crippen LogP) is 8.74. The van der Waals surface area contributed by atoms with Crippen molar-refractivity contribution in [3.05, 3.63) is 158 Å². The molecule has 0 fully saturated rings. The second-order valence-corrected chi connectivity index (χ2v) is 15.7. The molecule has 1 aromatic heterocycles. The van der Waals surface area contributed by atoms with E-state index >= 15 is 0 Å². The number of carbonyl (C=O) groups is 3. The number of benzene rings is 5.